The highest BCUT2D eigenvalue weighted by Gasteiger charge is 2.27. The van der Waals surface area contributed by atoms with Crippen LogP contribution in [0.2, 0.25) is 0 Å². The zero-order valence-electron chi connectivity index (χ0n) is 14.6. The van der Waals surface area contributed by atoms with Gasteiger partial charge in [0, 0.05) is 62.0 Å². The van der Waals surface area contributed by atoms with Crippen LogP contribution in [0.25, 0.3) is 11.1 Å². The van der Waals surface area contributed by atoms with Crippen molar-refractivity contribution < 1.29 is 0 Å². The maximum Gasteiger partial charge on any atom is 0.135 e. The summed E-state index contributed by atoms with van der Waals surface area (Å²) in [7, 11) is 1.98. The molecule has 3 aromatic rings. The second-order valence-corrected chi connectivity index (χ2v) is 6.50. The van der Waals surface area contributed by atoms with Crippen LogP contribution in [0.5, 0.6) is 0 Å². The van der Waals surface area contributed by atoms with Crippen LogP contribution in [0.1, 0.15) is 30.1 Å². The molecule has 1 saturated heterocycles. The quantitative estimate of drug-likeness (QED) is 0.725. The number of rotatable bonds is 3. The first-order valence-corrected chi connectivity index (χ1v) is 8.65. The fourth-order valence-corrected chi connectivity index (χ4v) is 3.63. The largest absolute Gasteiger partial charge is 0.370 e. The summed E-state index contributed by atoms with van der Waals surface area (Å²) in [6.45, 7) is 1.73. The van der Waals surface area contributed by atoms with Crippen LogP contribution < -0.4 is 4.90 Å². The first kappa shape index (κ1) is 16.2. The van der Waals surface area contributed by atoms with E-state index in [1.54, 1.807) is 18.7 Å². The molecule has 0 aliphatic carbocycles. The van der Waals surface area contributed by atoms with Gasteiger partial charge in [-0.2, -0.15) is 5.26 Å². The van der Waals surface area contributed by atoms with Crippen LogP contribution in [0, 0.1) is 11.3 Å². The van der Waals surface area contributed by atoms with Crippen molar-refractivity contribution in [2.24, 2.45) is 7.05 Å². The zero-order valence-corrected chi connectivity index (χ0v) is 14.6. The summed E-state index contributed by atoms with van der Waals surface area (Å²) in [5.74, 6) is 1.43. The molecule has 1 aliphatic rings. The van der Waals surface area contributed by atoms with Crippen LogP contribution in [-0.4, -0.2) is 37.8 Å². The summed E-state index contributed by atoms with van der Waals surface area (Å²) in [5, 5.41) is 17.9. The number of hydrogen-bond acceptors (Lipinski definition) is 6. The lowest BCUT2D eigenvalue weighted by atomic mass is 9.94. The first-order valence-electron chi connectivity index (χ1n) is 8.65. The number of hydrogen-bond donors (Lipinski definition) is 0. The Bertz CT molecular complexity index is 934. The van der Waals surface area contributed by atoms with Gasteiger partial charge in [-0.1, -0.05) is 6.07 Å². The molecule has 0 unspecified atom stereocenters. The standard InChI is InChI=1S/C19H19N7/c1-25-13-23-24-19(25)14-4-7-26(8-5-14)18-16(9-20)11-22-12-17(18)15-3-2-6-21-10-15/h2-3,6,10-14H,4-5,7-8H2,1H3. The minimum Gasteiger partial charge on any atom is -0.370 e. The molecule has 1 aliphatic heterocycles. The van der Waals surface area contributed by atoms with Gasteiger partial charge >= 0.3 is 0 Å². The number of nitriles is 1. The van der Waals surface area contributed by atoms with Crippen molar-refractivity contribution in [2.75, 3.05) is 18.0 Å². The first-order chi connectivity index (χ1) is 12.8. The van der Waals surface area contributed by atoms with E-state index in [2.05, 4.69) is 31.1 Å². The van der Waals surface area contributed by atoms with Crippen molar-refractivity contribution in [1.82, 2.24) is 24.7 Å². The number of aromatic nitrogens is 5. The van der Waals surface area contributed by atoms with E-state index >= 15 is 0 Å². The lowest BCUT2D eigenvalue weighted by molar-refractivity contribution is 0.474. The van der Waals surface area contributed by atoms with Gasteiger partial charge < -0.3 is 9.47 Å². The molecular formula is C19H19N7. The van der Waals surface area contributed by atoms with Crippen molar-refractivity contribution in [3.05, 3.63) is 54.6 Å². The van der Waals surface area contributed by atoms with Crippen molar-refractivity contribution in [1.29, 1.82) is 5.26 Å². The summed E-state index contributed by atoms with van der Waals surface area (Å²) >= 11 is 0. The normalized spacial score (nSPS) is 15.0. The number of anilines is 1. The highest BCUT2D eigenvalue weighted by Crippen LogP contribution is 2.36. The molecule has 0 spiro atoms. The van der Waals surface area contributed by atoms with Gasteiger partial charge in [-0.05, 0) is 18.9 Å². The molecule has 26 heavy (non-hydrogen) atoms. The molecule has 0 amide bonds. The SMILES string of the molecule is Cn1cnnc1C1CCN(c2c(C#N)cncc2-c2cccnc2)CC1. The Morgan fingerprint density at radius 2 is 2.00 bits per heavy atom. The van der Waals surface area contributed by atoms with E-state index in [4.69, 9.17) is 0 Å². The van der Waals surface area contributed by atoms with Crippen molar-refractivity contribution in [3.8, 4) is 17.2 Å². The molecule has 3 aromatic heterocycles. The second kappa shape index (κ2) is 6.92. The van der Waals surface area contributed by atoms with Gasteiger partial charge in [-0.3, -0.25) is 9.97 Å². The average Bonchev–Trinajstić information content (AvgIpc) is 3.14. The highest BCUT2D eigenvalue weighted by atomic mass is 15.3. The Morgan fingerprint density at radius 3 is 2.65 bits per heavy atom. The number of nitrogens with zero attached hydrogens (tertiary/aromatic N) is 7. The highest BCUT2D eigenvalue weighted by molar-refractivity contribution is 5.81. The molecule has 0 saturated carbocycles. The molecule has 0 aromatic carbocycles. The molecule has 130 valence electrons. The van der Waals surface area contributed by atoms with Crippen LogP contribution in [0.3, 0.4) is 0 Å². The lowest BCUT2D eigenvalue weighted by Crippen LogP contribution is -2.34. The summed E-state index contributed by atoms with van der Waals surface area (Å²) in [6, 6.07) is 6.20. The third kappa shape index (κ3) is 2.90. The molecule has 7 heteroatoms. The minimum absolute atomic E-state index is 0.396. The van der Waals surface area contributed by atoms with Crippen LogP contribution in [0.4, 0.5) is 5.69 Å². The number of pyridine rings is 2. The predicted molar refractivity (Wildman–Crippen MR) is 97.4 cm³/mol. The van der Waals surface area contributed by atoms with Gasteiger partial charge in [0.2, 0.25) is 0 Å². The summed E-state index contributed by atoms with van der Waals surface area (Å²) in [4.78, 5) is 10.8. The fourth-order valence-electron chi connectivity index (χ4n) is 3.63. The second-order valence-electron chi connectivity index (χ2n) is 6.50. The van der Waals surface area contributed by atoms with Crippen LogP contribution in [0.15, 0.2) is 43.2 Å². The third-order valence-corrected chi connectivity index (χ3v) is 4.93. The molecular weight excluding hydrogens is 326 g/mol. The molecule has 0 N–H and O–H groups in total. The zero-order chi connectivity index (χ0) is 17.9. The van der Waals surface area contributed by atoms with E-state index in [0.717, 1.165) is 48.6 Å². The van der Waals surface area contributed by atoms with Gasteiger partial charge in [-0.15, -0.1) is 10.2 Å². The smallest absolute Gasteiger partial charge is 0.135 e. The maximum atomic E-state index is 9.61. The minimum atomic E-state index is 0.396. The molecule has 7 nitrogen and oxygen atoms in total. The molecule has 0 radical (unpaired) electrons. The van der Waals surface area contributed by atoms with Crippen molar-refractivity contribution in [3.63, 3.8) is 0 Å². The molecule has 1 fully saturated rings. The average molecular weight is 345 g/mol. The summed E-state index contributed by atoms with van der Waals surface area (Å²) in [5.41, 5.74) is 3.48. The Hall–Kier alpha value is -3.27. The Kier molecular flexibility index (Phi) is 4.32. The third-order valence-electron chi connectivity index (χ3n) is 4.93. The number of aryl methyl sites for hydroxylation is 1. The lowest BCUT2D eigenvalue weighted by Gasteiger charge is -2.34. The van der Waals surface area contributed by atoms with Gasteiger partial charge in [0.15, 0.2) is 0 Å². The molecule has 0 atom stereocenters. The van der Waals surface area contributed by atoms with Crippen molar-refractivity contribution in [2.45, 2.75) is 18.8 Å². The van der Waals surface area contributed by atoms with E-state index < -0.39 is 0 Å². The van der Waals surface area contributed by atoms with Gasteiger partial charge in [0.1, 0.15) is 18.2 Å². The molecule has 0 bridgehead atoms. The van der Waals surface area contributed by atoms with Crippen molar-refractivity contribution >= 4 is 5.69 Å². The van der Waals surface area contributed by atoms with Gasteiger partial charge in [0.25, 0.3) is 0 Å². The number of piperidine rings is 1. The van der Waals surface area contributed by atoms with Crippen LogP contribution >= 0.6 is 0 Å². The topological polar surface area (TPSA) is 83.5 Å². The van der Waals surface area contributed by atoms with E-state index in [-0.39, 0.29) is 0 Å². The maximum absolute atomic E-state index is 9.61. The summed E-state index contributed by atoms with van der Waals surface area (Å²) in [6.07, 6.45) is 10.7. The predicted octanol–water partition coefficient (Wildman–Crippen LogP) is 2.53. The van der Waals surface area contributed by atoms with E-state index in [1.807, 2.05) is 36.1 Å². The molecule has 4 heterocycles. The Balaban J connectivity index is 1.64. The molecule has 4 rings (SSSR count). The Labute approximate surface area is 152 Å². The van der Waals surface area contributed by atoms with E-state index in [1.165, 1.54) is 0 Å². The summed E-state index contributed by atoms with van der Waals surface area (Å²) < 4.78 is 1.99. The monoisotopic (exact) mass is 345 g/mol. The van der Waals surface area contributed by atoms with Gasteiger partial charge in [-0.25, -0.2) is 0 Å². The fraction of sp³-hybridized carbons (Fsp3) is 0.316. The van der Waals surface area contributed by atoms with Crippen LogP contribution in [-0.2, 0) is 7.05 Å². The van der Waals surface area contributed by atoms with Gasteiger partial charge in [0.05, 0.1) is 11.3 Å². The van der Waals surface area contributed by atoms with E-state index in [9.17, 15) is 5.26 Å². The van der Waals surface area contributed by atoms with E-state index in [0.29, 0.717) is 11.5 Å². The Morgan fingerprint density at radius 1 is 1.15 bits per heavy atom.